The van der Waals surface area contributed by atoms with Gasteiger partial charge in [0, 0.05) is 28.2 Å². The number of nitrogens with one attached hydrogen (secondary N) is 2. The molecule has 0 fully saturated rings. The van der Waals surface area contributed by atoms with E-state index < -0.39 is 35.7 Å². The molecule has 7 heteroatoms. The molecule has 7 nitrogen and oxygen atoms in total. The largest absolute Gasteiger partial charge is 0.392 e. The van der Waals surface area contributed by atoms with E-state index in [1.54, 1.807) is 0 Å². The van der Waals surface area contributed by atoms with Crippen LogP contribution in [0.4, 0.5) is 0 Å². The summed E-state index contributed by atoms with van der Waals surface area (Å²) in [5.41, 5.74) is 1.47. The summed E-state index contributed by atoms with van der Waals surface area (Å²) in [7, 11) is 0. The monoisotopic (exact) mass is 388 g/mol. The average molecular weight is 388 g/mol. The number of aliphatic hydroxyl groups excluding tert-OH is 1. The maximum absolute atomic E-state index is 12.5. The van der Waals surface area contributed by atoms with E-state index in [1.165, 1.54) is 0 Å². The highest BCUT2D eigenvalue weighted by Crippen LogP contribution is 2.42. The number of carbonyl (C=O) groups excluding carboxylic acids is 4. The third kappa shape index (κ3) is 3.68. The lowest BCUT2D eigenvalue weighted by molar-refractivity contribution is -0.126. The molecule has 0 aromatic rings. The van der Waals surface area contributed by atoms with Gasteiger partial charge in [-0.3, -0.25) is 29.8 Å². The zero-order chi connectivity index (χ0) is 20.4. The minimum absolute atomic E-state index is 0.0972. The molecule has 1 aliphatic carbocycles. The van der Waals surface area contributed by atoms with Gasteiger partial charge in [-0.2, -0.15) is 0 Å². The first-order valence-electron chi connectivity index (χ1n) is 10.2. The Balaban J connectivity index is 2.07. The second kappa shape index (κ2) is 8.39. The quantitative estimate of drug-likeness (QED) is 0.574. The van der Waals surface area contributed by atoms with E-state index in [0.29, 0.717) is 35.1 Å². The molecule has 0 radical (unpaired) electrons. The third-order valence-electron chi connectivity index (χ3n) is 6.02. The lowest BCUT2D eigenvalue weighted by Gasteiger charge is -2.28. The number of unbranched alkanes of at least 4 members (excludes halogenated alkanes) is 2. The van der Waals surface area contributed by atoms with E-state index in [-0.39, 0.29) is 18.8 Å². The van der Waals surface area contributed by atoms with Crippen LogP contribution in [0.25, 0.3) is 0 Å². The molecule has 0 saturated carbocycles. The summed E-state index contributed by atoms with van der Waals surface area (Å²) in [6.45, 7) is 4.04. The van der Waals surface area contributed by atoms with Crippen LogP contribution in [0.15, 0.2) is 22.3 Å². The smallest absolute Gasteiger partial charge is 0.254 e. The van der Waals surface area contributed by atoms with Crippen LogP contribution in [0.3, 0.4) is 0 Å². The molecule has 4 amide bonds. The Morgan fingerprint density at radius 2 is 1.43 bits per heavy atom. The van der Waals surface area contributed by atoms with Gasteiger partial charge in [0.05, 0.1) is 6.10 Å². The van der Waals surface area contributed by atoms with Gasteiger partial charge >= 0.3 is 0 Å². The summed E-state index contributed by atoms with van der Waals surface area (Å²) in [4.78, 5) is 50.0. The summed E-state index contributed by atoms with van der Waals surface area (Å²) < 4.78 is 0. The van der Waals surface area contributed by atoms with Gasteiger partial charge in [0.2, 0.25) is 0 Å². The number of carbonyl (C=O) groups is 4. The molecule has 3 aliphatic rings. The predicted molar refractivity (Wildman–Crippen MR) is 102 cm³/mol. The van der Waals surface area contributed by atoms with Crippen molar-refractivity contribution in [2.45, 2.75) is 71.3 Å². The Kier molecular flexibility index (Phi) is 6.13. The van der Waals surface area contributed by atoms with E-state index in [9.17, 15) is 24.3 Å². The van der Waals surface area contributed by atoms with E-state index >= 15 is 0 Å². The van der Waals surface area contributed by atoms with Crippen LogP contribution in [0.5, 0.6) is 0 Å². The highest BCUT2D eigenvalue weighted by molar-refractivity contribution is 6.22. The first-order chi connectivity index (χ1) is 13.4. The highest BCUT2D eigenvalue weighted by Gasteiger charge is 2.45. The SMILES string of the molecule is CCCCC1CC2=C(C(=O)NC2=O)C(C(O)CCCC)CC2=C1C(=O)NC2=O. The standard InChI is InChI=1S/C21H28N2O5/c1-3-5-7-11-9-13-17(21(28)23-18(13)25)12(15(24)8-6-4-2)10-14-16(11)20(27)22-19(14)26/h11-12,15,24H,3-10H2,1-2H3,(H,22,26,27)(H,23,25,28). The van der Waals surface area contributed by atoms with Crippen LogP contribution in [-0.2, 0) is 19.2 Å². The van der Waals surface area contributed by atoms with E-state index in [1.807, 2.05) is 13.8 Å². The molecule has 3 atom stereocenters. The fourth-order valence-electron chi connectivity index (χ4n) is 4.55. The number of rotatable bonds is 7. The van der Waals surface area contributed by atoms with Gasteiger partial charge in [-0.25, -0.2) is 0 Å². The topological polar surface area (TPSA) is 113 Å². The van der Waals surface area contributed by atoms with Gasteiger partial charge in [-0.1, -0.05) is 39.5 Å². The van der Waals surface area contributed by atoms with Crippen LogP contribution in [0, 0.1) is 11.8 Å². The number of imide groups is 2. The van der Waals surface area contributed by atoms with Gasteiger partial charge in [0.25, 0.3) is 23.6 Å². The summed E-state index contributed by atoms with van der Waals surface area (Å²) in [6, 6.07) is 0. The van der Waals surface area contributed by atoms with Gasteiger partial charge in [0.1, 0.15) is 0 Å². The molecule has 0 saturated heterocycles. The summed E-state index contributed by atoms with van der Waals surface area (Å²) in [5, 5.41) is 15.5. The van der Waals surface area contributed by atoms with Crippen LogP contribution in [0.2, 0.25) is 0 Å². The number of hydrogen-bond acceptors (Lipinski definition) is 5. The van der Waals surface area contributed by atoms with E-state index in [4.69, 9.17) is 0 Å². The van der Waals surface area contributed by atoms with E-state index in [2.05, 4.69) is 10.6 Å². The third-order valence-corrected chi connectivity index (χ3v) is 6.02. The molecule has 3 unspecified atom stereocenters. The lowest BCUT2D eigenvalue weighted by Crippen LogP contribution is -2.31. The highest BCUT2D eigenvalue weighted by atomic mass is 16.3. The number of amides is 4. The summed E-state index contributed by atoms with van der Waals surface area (Å²) >= 11 is 0. The fraction of sp³-hybridized carbons (Fsp3) is 0.619. The van der Waals surface area contributed by atoms with E-state index in [0.717, 1.165) is 25.7 Å². The molecule has 152 valence electrons. The van der Waals surface area contributed by atoms with Crippen molar-refractivity contribution < 1.29 is 24.3 Å². The Morgan fingerprint density at radius 3 is 2.04 bits per heavy atom. The van der Waals surface area contributed by atoms with Crippen molar-refractivity contribution in [1.29, 1.82) is 0 Å². The first-order valence-corrected chi connectivity index (χ1v) is 10.2. The minimum atomic E-state index is -0.856. The molecule has 2 heterocycles. The molecule has 0 aromatic heterocycles. The van der Waals surface area contributed by atoms with Crippen molar-refractivity contribution in [3.63, 3.8) is 0 Å². The van der Waals surface area contributed by atoms with Crippen molar-refractivity contribution in [2.24, 2.45) is 11.8 Å². The van der Waals surface area contributed by atoms with Gasteiger partial charge in [0.15, 0.2) is 0 Å². The molecule has 28 heavy (non-hydrogen) atoms. The predicted octanol–water partition coefficient (Wildman–Crippen LogP) is 1.66. The fourth-order valence-corrected chi connectivity index (χ4v) is 4.55. The van der Waals surface area contributed by atoms with Crippen LogP contribution in [0.1, 0.15) is 65.2 Å². The van der Waals surface area contributed by atoms with Crippen molar-refractivity contribution in [3.05, 3.63) is 22.3 Å². The van der Waals surface area contributed by atoms with Crippen LogP contribution in [-0.4, -0.2) is 34.8 Å². The molecule has 2 aliphatic heterocycles. The van der Waals surface area contributed by atoms with Crippen molar-refractivity contribution in [3.8, 4) is 0 Å². The molecule has 0 bridgehead atoms. The minimum Gasteiger partial charge on any atom is -0.392 e. The summed E-state index contributed by atoms with van der Waals surface area (Å²) in [6.07, 6.45) is 4.04. The van der Waals surface area contributed by atoms with Crippen LogP contribution < -0.4 is 10.6 Å². The average Bonchev–Trinajstić information content (AvgIpc) is 3.06. The maximum Gasteiger partial charge on any atom is 0.254 e. The van der Waals surface area contributed by atoms with Crippen molar-refractivity contribution in [1.82, 2.24) is 10.6 Å². The summed E-state index contributed by atoms with van der Waals surface area (Å²) in [5.74, 6) is -2.72. The lowest BCUT2D eigenvalue weighted by atomic mass is 9.75. The number of hydrogen-bond donors (Lipinski definition) is 3. The molecular weight excluding hydrogens is 360 g/mol. The molecule has 3 N–H and O–H groups in total. The Bertz CT molecular complexity index is 780. The zero-order valence-corrected chi connectivity index (χ0v) is 16.5. The second-order valence-corrected chi connectivity index (χ2v) is 7.91. The Labute approximate surface area is 164 Å². The van der Waals surface area contributed by atoms with Gasteiger partial charge in [-0.15, -0.1) is 0 Å². The van der Waals surface area contributed by atoms with Crippen molar-refractivity contribution in [2.75, 3.05) is 0 Å². The molecule has 3 rings (SSSR count). The van der Waals surface area contributed by atoms with Gasteiger partial charge in [-0.05, 0) is 31.6 Å². The first kappa shape index (κ1) is 20.5. The Morgan fingerprint density at radius 1 is 0.857 bits per heavy atom. The van der Waals surface area contributed by atoms with Gasteiger partial charge < -0.3 is 5.11 Å². The molecule has 0 spiro atoms. The maximum atomic E-state index is 12.5. The van der Waals surface area contributed by atoms with Crippen molar-refractivity contribution >= 4 is 23.6 Å². The van der Waals surface area contributed by atoms with Crippen LogP contribution >= 0.6 is 0 Å². The molecular formula is C21H28N2O5. The normalized spacial score (nSPS) is 26.0. The Hall–Kier alpha value is -2.28. The number of aliphatic hydroxyl groups is 1. The second-order valence-electron chi connectivity index (χ2n) is 7.91. The molecule has 0 aromatic carbocycles. The zero-order valence-electron chi connectivity index (χ0n) is 16.5.